The van der Waals surface area contributed by atoms with E-state index in [9.17, 15) is 27.9 Å². The third kappa shape index (κ3) is 4.84. The van der Waals surface area contributed by atoms with Crippen molar-refractivity contribution >= 4 is 12.1 Å². The molecule has 0 spiro atoms. The second-order valence-corrected chi connectivity index (χ2v) is 7.80. The van der Waals surface area contributed by atoms with Crippen LogP contribution in [0, 0.1) is 17.5 Å². The van der Waals surface area contributed by atoms with Gasteiger partial charge >= 0.3 is 6.09 Å². The summed E-state index contributed by atoms with van der Waals surface area (Å²) in [5.41, 5.74) is 3.82. The molecule has 8 heteroatoms. The second kappa shape index (κ2) is 9.36. The van der Waals surface area contributed by atoms with Crippen LogP contribution >= 0.6 is 0 Å². The van der Waals surface area contributed by atoms with Crippen LogP contribution in [0.15, 0.2) is 60.7 Å². The second-order valence-electron chi connectivity index (χ2n) is 7.80. The zero-order valence-electron chi connectivity index (χ0n) is 17.3. The van der Waals surface area contributed by atoms with Gasteiger partial charge in [0.25, 0.3) is 0 Å². The molecule has 0 saturated heterocycles. The maximum atomic E-state index is 14.0. The van der Waals surface area contributed by atoms with Crippen molar-refractivity contribution in [3.05, 3.63) is 94.8 Å². The van der Waals surface area contributed by atoms with E-state index < -0.39 is 42.0 Å². The molecule has 0 radical (unpaired) electrons. The molecule has 1 aliphatic rings. The molecule has 170 valence electrons. The van der Waals surface area contributed by atoms with E-state index in [0.717, 1.165) is 22.3 Å². The number of hydrogen-bond acceptors (Lipinski definition) is 4. The molecule has 0 bridgehead atoms. The predicted molar refractivity (Wildman–Crippen MR) is 112 cm³/mol. The van der Waals surface area contributed by atoms with Gasteiger partial charge in [-0.05, 0) is 40.3 Å². The van der Waals surface area contributed by atoms with Crippen LogP contribution in [0.25, 0.3) is 11.1 Å². The smallest absolute Gasteiger partial charge is 0.407 e. The van der Waals surface area contributed by atoms with Crippen LogP contribution < -0.4 is 10.4 Å². The quantitative estimate of drug-likeness (QED) is 0.553. The van der Waals surface area contributed by atoms with E-state index in [1.54, 1.807) is 0 Å². The molecule has 1 N–H and O–H groups in total. The van der Waals surface area contributed by atoms with E-state index in [1.807, 2.05) is 48.5 Å². The van der Waals surface area contributed by atoms with Gasteiger partial charge in [0.2, 0.25) is 0 Å². The third-order valence-electron chi connectivity index (χ3n) is 5.63. The van der Waals surface area contributed by atoms with Crippen LogP contribution in [0.2, 0.25) is 0 Å². The molecule has 5 nitrogen and oxygen atoms in total. The molecule has 0 unspecified atom stereocenters. The lowest BCUT2D eigenvalue weighted by atomic mass is 9.98. The highest BCUT2D eigenvalue weighted by atomic mass is 19.2. The van der Waals surface area contributed by atoms with Gasteiger partial charge in [-0.1, -0.05) is 48.5 Å². The van der Waals surface area contributed by atoms with Crippen molar-refractivity contribution in [2.24, 2.45) is 0 Å². The summed E-state index contributed by atoms with van der Waals surface area (Å²) in [5.74, 6) is -5.39. The molecular weight excluding hydrogens is 435 g/mol. The average molecular weight is 454 g/mol. The van der Waals surface area contributed by atoms with Crippen LogP contribution in [0.4, 0.5) is 18.0 Å². The van der Waals surface area contributed by atoms with E-state index in [4.69, 9.17) is 4.74 Å². The number of rotatable bonds is 7. The van der Waals surface area contributed by atoms with Crippen molar-refractivity contribution in [3.63, 3.8) is 0 Å². The summed E-state index contributed by atoms with van der Waals surface area (Å²) in [5, 5.41) is 13.5. The van der Waals surface area contributed by atoms with E-state index >= 15 is 0 Å². The fourth-order valence-corrected chi connectivity index (χ4v) is 4.17. The monoisotopic (exact) mass is 454 g/mol. The lowest BCUT2D eigenvalue weighted by Crippen LogP contribution is -2.41. The standard InChI is InChI=1S/C25H20F3NO4/c26-21-12-23(28)22(27)10-14(21)9-15(11-24(30)31)29-25(32)33-13-20-18-7-3-1-5-16(18)17-6-2-4-8-19(17)20/h1-8,10,12,15,20H,9,11,13H2,(H,29,32)(H,30,31)/p-1/t15-/m1/s1. The zero-order chi connectivity index (χ0) is 23.5. The SMILES string of the molecule is O=C([O-])C[C@@H](Cc1cc(F)c(F)cc1F)NC(=O)OCC1c2ccccc2-c2ccccc21. The minimum Gasteiger partial charge on any atom is -0.550 e. The van der Waals surface area contributed by atoms with Crippen molar-refractivity contribution in [1.82, 2.24) is 5.32 Å². The fraction of sp³-hybridized carbons (Fsp3) is 0.200. The molecule has 1 amide bonds. The number of halogens is 3. The number of benzene rings is 3. The molecule has 0 fully saturated rings. The van der Waals surface area contributed by atoms with Crippen molar-refractivity contribution in [2.75, 3.05) is 6.61 Å². The summed E-state index contributed by atoms with van der Waals surface area (Å²) in [6.07, 6.45) is -1.96. The Morgan fingerprint density at radius 3 is 2.09 bits per heavy atom. The number of fused-ring (bicyclic) bond motifs is 3. The molecule has 1 atom stereocenters. The number of hydrogen-bond donors (Lipinski definition) is 1. The Morgan fingerprint density at radius 1 is 0.909 bits per heavy atom. The summed E-state index contributed by atoms with van der Waals surface area (Å²) in [4.78, 5) is 23.5. The summed E-state index contributed by atoms with van der Waals surface area (Å²) in [6, 6.07) is 15.4. The van der Waals surface area contributed by atoms with Gasteiger partial charge in [0.1, 0.15) is 12.4 Å². The Morgan fingerprint density at radius 2 is 1.48 bits per heavy atom. The van der Waals surface area contributed by atoms with Crippen molar-refractivity contribution < 1.29 is 32.6 Å². The number of nitrogens with one attached hydrogen (secondary N) is 1. The molecular formula is C25H19F3NO4-. The maximum Gasteiger partial charge on any atom is 0.407 e. The molecule has 4 rings (SSSR count). The van der Waals surface area contributed by atoms with Crippen molar-refractivity contribution in [2.45, 2.75) is 24.8 Å². The third-order valence-corrected chi connectivity index (χ3v) is 5.63. The number of carboxylic acids is 1. The average Bonchev–Trinajstić information content (AvgIpc) is 3.09. The van der Waals surface area contributed by atoms with Crippen LogP contribution in [-0.2, 0) is 16.0 Å². The van der Waals surface area contributed by atoms with Crippen molar-refractivity contribution in [3.8, 4) is 11.1 Å². The number of aliphatic carboxylic acids is 1. The Hall–Kier alpha value is -3.81. The number of alkyl carbamates (subject to hydrolysis) is 1. The number of carbonyl (C=O) groups excluding carboxylic acids is 2. The molecule has 0 heterocycles. The van der Waals surface area contributed by atoms with Gasteiger partial charge in [-0.15, -0.1) is 0 Å². The first kappa shape index (κ1) is 22.4. The summed E-state index contributed by atoms with van der Waals surface area (Å²) in [6.45, 7) is -0.00254. The topological polar surface area (TPSA) is 78.5 Å². The number of carboxylic acid groups (broad SMARTS) is 1. The predicted octanol–water partition coefficient (Wildman–Crippen LogP) is 3.69. The molecule has 0 aromatic heterocycles. The molecule has 3 aromatic rings. The minimum atomic E-state index is -1.50. The molecule has 1 aliphatic carbocycles. The highest BCUT2D eigenvalue weighted by molar-refractivity contribution is 5.79. The largest absolute Gasteiger partial charge is 0.550 e. The van der Waals surface area contributed by atoms with Gasteiger partial charge in [-0.2, -0.15) is 0 Å². The van der Waals surface area contributed by atoms with Gasteiger partial charge in [0.05, 0.1) is 0 Å². The van der Waals surface area contributed by atoms with Gasteiger partial charge in [-0.25, -0.2) is 18.0 Å². The Bertz CT molecular complexity index is 1170. The van der Waals surface area contributed by atoms with Gasteiger partial charge in [-0.3, -0.25) is 0 Å². The van der Waals surface area contributed by atoms with Crippen molar-refractivity contribution in [1.29, 1.82) is 0 Å². The Balaban J connectivity index is 1.45. The Kier molecular flexibility index (Phi) is 6.35. The molecule has 3 aromatic carbocycles. The highest BCUT2D eigenvalue weighted by Crippen LogP contribution is 2.44. The van der Waals surface area contributed by atoms with E-state index in [-0.39, 0.29) is 24.5 Å². The first-order chi connectivity index (χ1) is 15.8. The van der Waals surface area contributed by atoms with E-state index in [2.05, 4.69) is 5.32 Å². The van der Waals surface area contributed by atoms with Crippen LogP contribution in [0.3, 0.4) is 0 Å². The number of carbonyl (C=O) groups is 2. The van der Waals surface area contributed by atoms with Gasteiger partial charge in [0, 0.05) is 30.4 Å². The van der Waals surface area contributed by atoms with Gasteiger partial charge in [0.15, 0.2) is 11.6 Å². The lowest BCUT2D eigenvalue weighted by Gasteiger charge is -2.21. The summed E-state index contributed by atoms with van der Waals surface area (Å²) < 4.78 is 46.0. The van der Waals surface area contributed by atoms with Crippen LogP contribution in [0.1, 0.15) is 29.0 Å². The first-order valence-electron chi connectivity index (χ1n) is 10.3. The lowest BCUT2D eigenvalue weighted by molar-refractivity contribution is -0.306. The number of amides is 1. The first-order valence-corrected chi connectivity index (χ1v) is 10.3. The highest BCUT2D eigenvalue weighted by Gasteiger charge is 2.29. The Labute approximate surface area is 187 Å². The summed E-state index contributed by atoms with van der Waals surface area (Å²) >= 11 is 0. The van der Waals surface area contributed by atoms with E-state index in [0.29, 0.717) is 12.1 Å². The van der Waals surface area contributed by atoms with Gasteiger partial charge < -0.3 is 20.0 Å². The molecule has 0 saturated carbocycles. The van der Waals surface area contributed by atoms with Crippen LogP contribution in [-0.4, -0.2) is 24.7 Å². The van der Waals surface area contributed by atoms with Crippen LogP contribution in [0.5, 0.6) is 0 Å². The molecule has 0 aliphatic heterocycles. The fourth-order valence-electron chi connectivity index (χ4n) is 4.17. The molecule has 33 heavy (non-hydrogen) atoms. The maximum absolute atomic E-state index is 14.0. The minimum absolute atomic E-state index is 0.00254. The van der Waals surface area contributed by atoms with E-state index in [1.165, 1.54) is 0 Å². The zero-order valence-corrected chi connectivity index (χ0v) is 17.3. The normalized spacial score (nSPS) is 13.2. The summed E-state index contributed by atoms with van der Waals surface area (Å²) in [7, 11) is 0. The number of ether oxygens (including phenoxy) is 1.